The second-order valence-corrected chi connectivity index (χ2v) is 7.93. The van der Waals surface area contributed by atoms with Gasteiger partial charge in [-0.1, -0.05) is 12.1 Å². The number of hydrogen-bond acceptors (Lipinski definition) is 5. The van der Waals surface area contributed by atoms with Gasteiger partial charge >= 0.3 is 0 Å². The second kappa shape index (κ2) is 8.92. The summed E-state index contributed by atoms with van der Waals surface area (Å²) in [6.07, 6.45) is 3.62. The lowest BCUT2D eigenvalue weighted by Crippen LogP contribution is -2.38. The number of carbonyl (C=O) groups is 1. The number of benzene rings is 1. The molecule has 1 aromatic carbocycles. The summed E-state index contributed by atoms with van der Waals surface area (Å²) in [5.41, 5.74) is 3.53. The average Bonchev–Trinajstić information content (AvgIpc) is 2.75. The molecule has 0 atom stereocenters. The molecular weight excluding hydrogens is 420 g/mol. The molecule has 1 N–H and O–H groups in total. The quantitative estimate of drug-likeness (QED) is 0.723. The molecule has 6 nitrogen and oxygen atoms in total. The van der Waals surface area contributed by atoms with E-state index in [0.717, 1.165) is 50.8 Å². The molecule has 3 heterocycles. The fourth-order valence-corrected chi connectivity index (χ4v) is 4.21. The molecule has 0 aliphatic carbocycles. The Kier molecular flexibility index (Phi) is 6.12. The summed E-state index contributed by atoms with van der Waals surface area (Å²) in [4.78, 5) is 21.9. The number of piperidine rings is 1. The lowest BCUT2D eigenvalue weighted by molar-refractivity contribution is 0.102. The lowest BCUT2D eigenvalue weighted by Gasteiger charge is -2.37. The van der Waals surface area contributed by atoms with Crippen molar-refractivity contribution in [2.75, 3.05) is 54.5 Å². The van der Waals surface area contributed by atoms with Crippen molar-refractivity contribution in [2.45, 2.75) is 19.3 Å². The van der Waals surface area contributed by atoms with Crippen molar-refractivity contribution >= 4 is 38.9 Å². The molecule has 2 aliphatic rings. The number of hydrogen-bond donors (Lipinski definition) is 1. The van der Waals surface area contributed by atoms with Gasteiger partial charge in [-0.2, -0.15) is 0 Å². The van der Waals surface area contributed by atoms with Crippen molar-refractivity contribution in [1.82, 2.24) is 4.98 Å². The summed E-state index contributed by atoms with van der Waals surface area (Å²) < 4.78 is 6.18. The maximum Gasteiger partial charge on any atom is 0.274 e. The second-order valence-electron chi connectivity index (χ2n) is 7.12. The van der Waals surface area contributed by atoms with E-state index in [1.165, 1.54) is 24.9 Å². The molecule has 28 heavy (non-hydrogen) atoms. The summed E-state index contributed by atoms with van der Waals surface area (Å²) in [7, 11) is 0. The maximum atomic E-state index is 12.8. The monoisotopic (exact) mass is 444 g/mol. The molecule has 2 aromatic rings. The fourth-order valence-electron chi connectivity index (χ4n) is 3.86. The minimum absolute atomic E-state index is 0.196. The van der Waals surface area contributed by atoms with E-state index in [0.29, 0.717) is 10.3 Å². The Hall–Kier alpha value is -2.12. The van der Waals surface area contributed by atoms with Crippen molar-refractivity contribution in [3.05, 3.63) is 46.7 Å². The minimum Gasteiger partial charge on any atom is -0.378 e. The van der Waals surface area contributed by atoms with Crippen molar-refractivity contribution in [2.24, 2.45) is 0 Å². The topological polar surface area (TPSA) is 57.7 Å². The molecule has 2 aliphatic heterocycles. The number of carbonyl (C=O) groups excluding carboxylic acids is 1. The molecule has 0 spiro atoms. The molecule has 2 saturated heterocycles. The van der Waals surface area contributed by atoms with Crippen LogP contribution in [0.25, 0.3) is 0 Å². The van der Waals surface area contributed by atoms with E-state index in [9.17, 15) is 4.79 Å². The predicted molar refractivity (Wildman–Crippen MR) is 115 cm³/mol. The Morgan fingerprint density at radius 2 is 1.71 bits per heavy atom. The smallest absolute Gasteiger partial charge is 0.274 e. The Morgan fingerprint density at radius 1 is 0.964 bits per heavy atom. The number of para-hydroxylation sites is 1. The first-order valence-electron chi connectivity index (χ1n) is 9.87. The van der Waals surface area contributed by atoms with Gasteiger partial charge in [-0.25, -0.2) is 4.98 Å². The molecule has 4 rings (SSSR count). The number of nitrogens with one attached hydrogen (secondary N) is 1. The molecule has 0 unspecified atom stereocenters. The van der Waals surface area contributed by atoms with Gasteiger partial charge in [0.05, 0.1) is 30.3 Å². The highest BCUT2D eigenvalue weighted by molar-refractivity contribution is 9.10. The molecule has 1 amide bonds. The van der Waals surface area contributed by atoms with Gasteiger partial charge in [-0.3, -0.25) is 4.79 Å². The zero-order valence-electron chi connectivity index (χ0n) is 15.9. The van der Waals surface area contributed by atoms with Crippen LogP contribution in [0.2, 0.25) is 0 Å². The van der Waals surface area contributed by atoms with Gasteiger partial charge < -0.3 is 19.9 Å². The Morgan fingerprint density at radius 3 is 2.46 bits per heavy atom. The summed E-state index contributed by atoms with van der Waals surface area (Å²) >= 11 is 3.34. The third kappa shape index (κ3) is 4.31. The molecule has 0 radical (unpaired) electrons. The summed E-state index contributed by atoms with van der Waals surface area (Å²) in [5.74, 6) is -0.196. The molecule has 148 valence electrons. The molecular formula is C21H25BrN4O2. The summed E-state index contributed by atoms with van der Waals surface area (Å²) in [6, 6.07) is 11.5. The van der Waals surface area contributed by atoms with Crippen LogP contribution < -0.4 is 15.1 Å². The third-order valence-electron chi connectivity index (χ3n) is 5.23. The number of aromatic nitrogens is 1. The van der Waals surface area contributed by atoms with Crippen molar-refractivity contribution < 1.29 is 9.53 Å². The Labute approximate surface area is 174 Å². The summed E-state index contributed by atoms with van der Waals surface area (Å²) in [6.45, 7) is 5.23. The third-order valence-corrected chi connectivity index (χ3v) is 5.68. The Balaban J connectivity index is 1.68. The van der Waals surface area contributed by atoms with E-state index < -0.39 is 0 Å². The molecule has 2 fully saturated rings. The maximum absolute atomic E-state index is 12.8. The molecule has 1 aromatic heterocycles. The number of nitrogens with zero attached hydrogens (tertiary/aromatic N) is 3. The lowest BCUT2D eigenvalue weighted by atomic mass is 10.1. The van der Waals surface area contributed by atoms with Crippen molar-refractivity contribution in [1.29, 1.82) is 0 Å². The number of morpholine rings is 1. The number of ether oxygens (including phenoxy) is 1. The Bertz CT molecular complexity index is 833. The first-order chi connectivity index (χ1) is 13.7. The first-order valence-corrected chi connectivity index (χ1v) is 10.7. The van der Waals surface area contributed by atoms with Gasteiger partial charge in [-0.15, -0.1) is 0 Å². The highest BCUT2D eigenvalue weighted by atomic mass is 79.9. The number of amides is 1. The predicted octanol–water partition coefficient (Wildman–Crippen LogP) is 3.92. The first kappa shape index (κ1) is 19.2. The number of pyridine rings is 1. The van der Waals surface area contributed by atoms with E-state index >= 15 is 0 Å². The van der Waals surface area contributed by atoms with Crippen LogP contribution in [0.3, 0.4) is 0 Å². The molecule has 0 saturated carbocycles. The number of anilines is 3. The van der Waals surface area contributed by atoms with Crippen LogP contribution in [-0.2, 0) is 4.74 Å². The highest BCUT2D eigenvalue weighted by Crippen LogP contribution is 2.38. The van der Waals surface area contributed by atoms with E-state index in [-0.39, 0.29) is 5.91 Å². The zero-order chi connectivity index (χ0) is 19.3. The van der Waals surface area contributed by atoms with Gasteiger partial charge in [0.15, 0.2) is 0 Å². The normalized spacial score (nSPS) is 17.5. The van der Waals surface area contributed by atoms with Crippen LogP contribution in [0, 0.1) is 0 Å². The SMILES string of the molecule is O=C(Nc1cccc(N2CCOCC2)c1N1CCCCC1)c1cccc(Br)n1. The van der Waals surface area contributed by atoms with E-state index in [1.54, 1.807) is 6.07 Å². The van der Waals surface area contributed by atoms with E-state index in [4.69, 9.17) is 4.74 Å². The largest absolute Gasteiger partial charge is 0.378 e. The average molecular weight is 445 g/mol. The van der Waals surface area contributed by atoms with Gasteiger partial charge in [0.1, 0.15) is 10.3 Å². The van der Waals surface area contributed by atoms with Gasteiger partial charge in [0.2, 0.25) is 0 Å². The standard InChI is InChI=1S/C21H25BrN4O2/c22-19-9-5-7-17(23-19)21(27)24-16-6-4-8-18(25-12-14-28-15-13-25)20(16)26-10-2-1-3-11-26/h4-9H,1-3,10-15H2,(H,24,27). The van der Waals surface area contributed by atoms with Crippen LogP contribution in [-0.4, -0.2) is 50.3 Å². The minimum atomic E-state index is -0.196. The van der Waals surface area contributed by atoms with Gasteiger partial charge in [-0.05, 0) is 59.5 Å². The summed E-state index contributed by atoms with van der Waals surface area (Å²) in [5, 5.41) is 3.11. The van der Waals surface area contributed by atoms with Crippen LogP contribution in [0.15, 0.2) is 41.0 Å². The van der Waals surface area contributed by atoms with E-state index in [2.05, 4.69) is 42.1 Å². The number of rotatable bonds is 4. The highest BCUT2D eigenvalue weighted by Gasteiger charge is 2.24. The fraction of sp³-hybridized carbons (Fsp3) is 0.429. The van der Waals surface area contributed by atoms with Crippen molar-refractivity contribution in [3.63, 3.8) is 0 Å². The van der Waals surface area contributed by atoms with Crippen LogP contribution in [0.1, 0.15) is 29.8 Å². The van der Waals surface area contributed by atoms with Gasteiger partial charge in [0.25, 0.3) is 5.91 Å². The zero-order valence-corrected chi connectivity index (χ0v) is 17.5. The number of halogens is 1. The molecule has 7 heteroatoms. The molecule has 0 bridgehead atoms. The van der Waals surface area contributed by atoms with Crippen LogP contribution in [0.4, 0.5) is 17.1 Å². The van der Waals surface area contributed by atoms with Gasteiger partial charge in [0, 0.05) is 26.2 Å². The van der Waals surface area contributed by atoms with Crippen LogP contribution in [0.5, 0.6) is 0 Å². The van der Waals surface area contributed by atoms with Crippen LogP contribution >= 0.6 is 15.9 Å². The van der Waals surface area contributed by atoms with E-state index in [1.807, 2.05) is 24.3 Å². The van der Waals surface area contributed by atoms with Crippen molar-refractivity contribution in [3.8, 4) is 0 Å².